The van der Waals surface area contributed by atoms with E-state index in [1.165, 1.54) is 22.5 Å². The molecule has 0 saturated carbocycles. The van der Waals surface area contributed by atoms with Gasteiger partial charge in [0.1, 0.15) is 11.9 Å². The first kappa shape index (κ1) is 16.8. The second-order valence-corrected chi connectivity index (χ2v) is 7.81. The summed E-state index contributed by atoms with van der Waals surface area (Å²) < 4.78 is 46.3. The van der Waals surface area contributed by atoms with E-state index in [1.807, 2.05) is 0 Å². The van der Waals surface area contributed by atoms with Crippen molar-refractivity contribution in [3.63, 3.8) is 0 Å². The fourth-order valence-electron chi connectivity index (χ4n) is 3.01. The summed E-state index contributed by atoms with van der Waals surface area (Å²) in [5.41, 5.74) is 0.656. The van der Waals surface area contributed by atoms with Crippen molar-refractivity contribution in [1.29, 1.82) is 0 Å². The predicted octanol–water partition coefficient (Wildman–Crippen LogP) is 2.80. The van der Waals surface area contributed by atoms with Crippen LogP contribution in [-0.4, -0.2) is 34.4 Å². The molecule has 0 bridgehead atoms. The zero-order valence-corrected chi connectivity index (χ0v) is 14.4. The summed E-state index contributed by atoms with van der Waals surface area (Å²) in [6, 6.07) is 7.93. The molecule has 26 heavy (non-hydrogen) atoms. The normalized spacial score (nSPS) is 18.3. The van der Waals surface area contributed by atoms with Crippen LogP contribution in [0.25, 0.3) is 11.5 Å². The summed E-state index contributed by atoms with van der Waals surface area (Å²) in [5.74, 6) is -0.0945. The minimum absolute atomic E-state index is 0.0867. The van der Waals surface area contributed by atoms with Gasteiger partial charge in [-0.25, -0.2) is 12.8 Å². The van der Waals surface area contributed by atoms with Gasteiger partial charge in [0.2, 0.25) is 21.8 Å². The largest absolute Gasteiger partial charge is 0.419 e. The van der Waals surface area contributed by atoms with E-state index in [2.05, 4.69) is 15.2 Å². The van der Waals surface area contributed by atoms with Gasteiger partial charge >= 0.3 is 0 Å². The Hall–Kier alpha value is -2.65. The van der Waals surface area contributed by atoms with Crippen molar-refractivity contribution in [2.24, 2.45) is 0 Å². The lowest BCUT2D eigenvalue weighted by Gasteiger charge is -2.21. The van der Waals surface area contributed by atoms with E-state index in [1.54, 1.807) is 24.5 Å². The zero-order valence-electron chi connectivity index (χ0n) is 13.6. The molecule has 1 aliphatic heterocycles. The molecule has 134 valence electrons. The molecule has 0 N–H and O–H groups in total. The van der Waals surface area contributed by atoms with Gasteiger partial charge in [0.25, 0.3) is 0 Å². The van der Waals surface area contributed by atoms with Crippen molar-refractivity contribution >= 4 is 10.0 Å². The Kier molecular flexibility index (Phi) is 4.25. The smallest absolute Gasteiger partial charge is 0.249 e. The molecule has 0 radical (unpaired) electrons. The Bertz CT molecular complexity index is 1020. The molecule has 0 amide bonds. The number of nitrogens with zero attached hydrogens (tertiary/aromatic N) is 4. The Balaban J connectivity index is 1.66. The average Bonchev–Trinajstić information content (AvgIpc) is 3.32. The molecule has 4 rings (SSSR count). The molecule has 0 spiro atoms. The third-order valence-corrected chi connectivity index (χ3v) is 6.14. The van der Waals surface area contributed by atoms with Crippen LogP contribution in [0.2, 0.25) is 0 Å². The molecule has 1 aromatic carbocycles. The lowest BCUT2D eigenvalue weighted by atomic mass is 10.2. The summed E-state index contributed by atoms with van der Waals surface area (Å²) in [7, 11) is -3.86. The lowest BCUT2D eigenvalue weighted by molar-refractivity contribution is 0.332. The highest BCUT2D eigenvalue weighted by Crippen LogP contribution is 2.36. The molecule has 9 heteroatoms. The van der Waals surface area contributed by atoms with Crippen LogP contribution in [-0.2, 0) is 10.0 Å². The highest BCUT2D eigenvalue weighted by atomic mass is 32.2. The molecule has 1 atom stereocenters. The van der Waals surface area contributed by atoms with E-state index in [-0.39, 0.29) is 16.7 Å². The number of hydrogen-bond acceptors (Lipinski definition) is 6. The van der Waals surface area contributed by atoms with Crippen LogP contribution in [0.5, 0.6) is 0 Å². The summed E-state index contributed by atoms with van der Waals surface area (Å²) in [6.45, 7) is 0.314. The van der Waals surface area contributed by atoms with Gasteiger partial charge < -0.3 is 4.42 Å². The van der Waals surface area contributed by atoms with Crippen LogP contribution in [0.15, 0.2) is 58.1 Å². The van der Waals surface area contributed by atoms with Crippen LogP contribution in [0.3, 0.4) is 0 Å². The minimum atomic E-state index is -3.86. The minimum Gasteiger partial charge on any atom is -0.419 e. The van der Waals surface area contributed by atoms with Crippen molar-refractivity contribution in [2.75, 3.05) is 6.54 Å². The van der Waals surface area contributed by atoms with Gasteiger partial charge in [-0.15, -0.1) is 10.2 Å². The third-order valence-electron chi connectivity index (χ3n) is 4.24. The van der Waals surface area contributed by atoms with E-state index >= 15 is 0 Å². The molecule has 0 unspecified atom stereocenters. The van der Waals surface area contributed by atoms with E-state index < -0.39 is 21.9 Å². The number of sulfonamides is 1. The first-order valence-corrected chi connectivity index (χ1v) is 9.51. The maximum atomic E-state index is 13.5. The fourth-order valence-corrected chi connectivity index (χ4v) is 4.70. The fraction of sp³-hybridized carbons (Fsp3) is 0.235. The van der Waals surface area contributed by atoms with Crippen molar-refractivity contribution in [3.05, 3.63) is 60.5 Å². The zero-order chi connectivity index (χ0) is 18.1. The SMILES string of the molecule is O=S(=O)(c1cccc(F)c1)N1CCC[C@@H]1c1nnc(-c2cccnc2)o1. The van der Waals surface area contributed by atoms with E-state index in [4.69, 9.17) is 4.42 Å². The number of hydrogen-bond donors (Lipinski definition) is 0. The number of aromatic nitrogens is 3. The second-order valence-electron chi connectivity index (χ2n) is 5.92. The van der Waals surface area contributed by atoms with Crippen LogP contribution < -0.4 is 0 Å². The summed E-state index contributed by atoms with van der Waals surface area (Å²) in [6.07, 6.45) is 4.44. The highest BCUT2D eigenvalue weighted by molar-refractivity contribution is 7.89. The summed E-state index contributed by atoms with van der Waals surface area (Å²) in [5, 5.41) is 8.02. The maximum absolute atomic E-state index is 13.5. The van der Waals surface area contributed by atoms with Gasteiger partial charge in [-0.1, -0.05) is 6.07 Å². The van der Waals surface area contributed by atoms with Crippen LogP contribution in [0.4, 0.5) is 4.39 Å². The Labute approximate surface area is 149 Å². The Morgan fingerprint density at radius 1 is 1.19 bits per heavy atom. The summed E-state index contributed by atoms with van der Waals surface area (Å²) in [4.78, 5) is 3.91. The second kappa shape index (κ2) is 6.58. The van der Waals surface area contributed by atoms with Gasteiger partial charge in [-0.05, 0) is 43.2 Å². The number of rotatable bonds is 4. The maximum Gasteiger partial charge on any atom is 0.249 e. The lowest BCUT2D eigenvalue weighted by Crippen LogP contribution is -2.31. The Morgan fingerprint density at radius 2 is 2.08 bits per heavy atom. The topological polar surface area (TPSA) is 89.2 Å². The van der Waals surface area contributed by atoms with Crippen molar-refractivity contribution in [1.82, 2.24) is 19.5 Å². The molecule has 2 aromatic heterocycles. The van der Waals surface area contributed by atoms with Crippen LogP contribution in [0, 0.1) is 5.82 Å². The van der Waals surface area contributed by atoms with Gasteiger partial charge in [0.15, 0.2) is 0 Å². The van der Waals surface area contributed by atoms with Crippen molar-refractivity contribution < 1.29 is 17.2 Å². The molecule has 1 fully saturated rings. The first-order chi connectivity index (χ1) is 12.6. The quantitative estimate of drug-likeness (QED) is 0.698. The monoisotopic (exact) mass is 374 g/mol. The molecule has 7 nitrogen and oxygen atoms in total. The van der Waals surface area contributed by atoms with Gasteiger partial charge in [-0.2, -0.15) is 4.31 Å². The highest BCUT2D eigenvalue weighted by Gasteiger charge is 2.39. The van der Waals surface area contributed by atoms with Crippen LogP contribution in [0.1, 0.15) is 24.8 Å². The van der Waals surface area contributed by atoms with Gasteiger partial charge in [0, 0.05) is 18.9 Å². The van der Waals surface area contributed by atoms with Crippen molar-refractivity contribution in [2.45, 2.75) is 23.8 Å². The van der Waals surface area contributed by atoms with E-state index in [0.29, 0.717) is 24.9 Å². The molecule has 1 saturated heterocycles. The van der Waals surface area contributed by atoms with E-state index in [0.717, 1.165) is 6.07 Å². The van der Waals surface area contributed by atoms with Gasteiger partial charge in [0.05, 0.1) is 10.5 Å². The number of benzene rings is 1. The average molecular weight is 374 g/mol. The number of halogens is 1. The molecule has 3 heterocycles. The number of pyridine rings is 1. The molecular formula is C17H15FN4O3S. The van der Waals surface area contributed by atoms with Gasteiger partial charge in [-0.3, -0.25) is 4.98 Å². The molecule has 3 aromatic rings. The van der Waals surface area contributed by atoms with E-state index in [9.17, 15) is 12.8 Å². The molecule has 1 aliphatic rings. The first-order valence-electron chi connectivity index (χ1n) is 8.07. The Morgan fingerprint density at radius 3 is 2.85 bits per heavy atom. The molecular weight excluding hydrogens is 359 g/mol. The summed E-state index contributed by atoms with van der Waals surface area (Å²) >= 11 is 0. The predicted molar refractivity (Wildman–Crippen MR) is 89.8 cm³/mol. The standard InChI is InChI=1S/C17H15FN4O3S/c18-13-5-1-6-14(10-13)26(23,24)22-9-3-7-15(22)17-21-20-16(25-17)12-4-2-8-19-11-12/h1-2,4-6,8,10-11,15H,3,7,9H2/t15-/m1/s1. The third kappa shape index (κ3) is 2.99. The molecule has 0 aliphatic carbocycles. The van der Waals surface area contributed by atoms with Crippen LogP contribution >= 0.6 is 0 Å². The van der Waals surface area contributed by atoms with Crippen molar-refractivity contribution in [3.8, 4) is 11.5 Å².